The predicted molar refractivity (Wildman–Crippen MR) is 73.7 cm³/mol. The molecule has 0 bridgehead atoms. The molecule has 1 N–H and O–H groups in total. The number of benzene rings is 1. The highest BCUT2D eigenvalue weighted by molar-refractivity contribution is 7.99. The largest absolute Gasteiger partial charge is 0.418 e. The molecule has 0 aliphatic carbocycles. The van der Waals surface area contributed by atoms with Crippen molar-refractivity contribution in [1.82, 2.24) is 4.90 Å². The quantitative estimate of drug-likeness (QED) is 0.917. The summed E-state index contributed by atoms with van der Waals surface area (Å²) in [5.74, 6) is 2.22. The zero-order valence-corrected chi connectivity index (χ0v) is 11.4. The van der Waals surface area contributed by atoms with E-state index in [1.165, 1.54) is 12.1 Å². The van der Waals surface area contributed by atoms with E-state index in [0.29, 0.717) is 6.54 Å². The lowest BCUT2D eigenvalue weighted by Gasteiger charge is -2.26. The molecule has 106 valence electrons. The van der Waals surface area contributed by atoms with Crippen LogP contribution in [-0.4, -0.2) is 42.6 Å². The van der Waals surface area contributed by atoms with Crippen molar-refractivity contribution in [2.75, 3.05) is 43.0 Å². The highest BCUT2D eigenvalue weighted by atomic mass is 32.2. The number of anilines is 1. The lowest BCUT2D eigenvalue weighted by atomic mass is 10.1. The summed E-state index contributed by atoms with van der Waals surface area (Å²) in [6.45, 7) is 3.37. The van der Waals surface area contributed by atoms with E-state index in [9.17, 15) is 13.2 Å². The van der Waals surface area contributed by atoms with E-state index in [0.717, 1.165) is 37.2 Å². The second-order valence-corrected chi connectivity index (χ2v) is 5.65. The first-order chi connectivity index (χ1) is 9.07. The molecule has 2 nitrogen and oxygen atoms in total. The third-order valence-electron chi connectivity index (χ3n) is 3.08. The molecule has 1 aromatic rings. The van der Waals surface area contributed by atoms with E-state index in [4.69, 9.17) is 0 Å². The van der Waals surface area contributed by atoms with Crippen molar-refractivity contribution in [1.29, 1.82) is 0 Å². The molecule has 1 heterocycles. The molecule has 1 aliphatic heterocycles. The van der Waals surface area contributed by atoms with Crippen LogP contribution in [0.15, 0.2) is 24.3 Å². The lowest BCUT2D eigenvalue weighted by Crippen LogP contribution is -2.36. The molecule has 0 spiro atoms. The monoisotopic (exact) mass is 290 g/mol. The van der Waals surface area contributed by atoms with Crippen molar-refractivity contribution < 1.29 is 13.2 Å². The Morgan fingerprint density at radius 1 is 1.16 bits per heavy atom. The normalized spacial score (nSPS) is 17.4. The number of nitrogens with zero attached hydrogens (tertiary/aromatic N) is 1. The Balaban J connectivity index is 1.88. The number of nitrogens with one attached hydrogen (secondary N) is 1. The fourth-order valence-corrected chi connectivity index (χ4v) is 3.04. The third kappa shape index (κ3) is 4.31. The smallest absolute Gasteiger partial charge is 0.383 e. The van der Waals surface area contributed by atoms with Gasteiger partial charge in [-0.15, -0.1) is 0 Å². The van der Waals surface area contributed by atoms with Gasteiger partial charge in [0.1, 0.15) is 0 Å². The van der Waals surface area contributed by atoms with Crippen LogP contribution < -0.4 is 5.32 Å². The van der Waals surface area contributed by atoms with Gasteiger partial charge in [0.25, 0.3) is 0 Å². The molecule has 1 aromatic carbocycles. The Morgan fingerprint density at radius 3 is 2.53 bits per heavy atom. The molecule has 0 aromatic heterocycles. The number of alkyl halides is 3. The standard InChI is InChI=1S/C13H17F3N2S/c14-13(15,16)11-3-1-2-4-12(11)17-5-6-18-7-9-19-10-8-18/h1-4,17H,5-10H2. The summed E-state index contributed by atoms with van der Waals surface area (Å²) >= 11 is 1.92. The van der Waals surface area contributed by atoms with Crippen LogP contribution in [-0.2, 0) is 6.18 Å². The van der Waals surface area contributed by atoms with Crippen LogP contribution in [0.25, 0.3) is 0 Å². The number of hydrogen-bond acceptors (Lipinski definition) is 3. The Morgan fingerprint density at radius 2 is 1.84 bits per heavy atom. The average Bonchev–Trinajstić information content (AvgIpc) is 2.39. The van der Waals surface area contributed by atoms with Crippen LogP contribution in [0.5, 0.6) is 0 Å². The number of hydrogen-bond donors (Lipinski definition) is 1. The minimum atomic E-state index is -4.30. The van der Waals surface area contributed by atoms with Gasteiger partial charge in [-0.05, 0) is 12.1 Å². The van der Waals surface area contributed by atoms with E-state index < -0.39 is 11.7 Å². The fourth-order valence-electron chi connectivity index (χ4n) is 2.06. The van der Waals surface area contributed by atoms with Crippen molar-refractivity contribution in [3.8, 4) is 0 Å². The van der Waals surface area contributed by atoms with Crippen molar-refractivity contribution >= 4 is 17.4 Å². The van der Waals surface area contributed by atoms with E-state index >= 15 is 0 Å². The maximum Gasteiger partial charge on any atom is 0.418 e. The van der Waals surface area contributed by atoms with Gasteiger partial charge in [0.15, 0.2) is 0 Å². The summed E-state index contributed by atoms with van der Waals surface area (Å²) in [7, 11) is 0. The van der Waals surface area contributed by atoms with Crippen LogP contribution in [0.2, 0.25) is 0 Å². The van der Waals surface area contributed by atoms with Crippen LogP contribution in [0.3, 0.4) is 0 Å². The van der Waals surface area contributed by atoms with Crippen LogP contribution in [0.4, 0.5) is 18.9 Å². The predicted octanol–water partition coefficient (Wildman–Crippen LogP) is 3.17. The first-order valence-electron chi connectivity index (χ1n) is 6.27. The Bertz CT molecular complexity index is 403. The Labute approximate surface area is 115 Å². The maximum atomic E-state index is 12.8. The van der Waals surface area contributed by atoms with Gasteiger partial charge in [-0.3, -0.25) is 4.90 Å². The lowest BCUT2D eigenvalue weighted by molar-refractivity contribution is -0.136. The minimum absolute atomic E-state index is 0.168. The summed E-state index contributed by atoms with van der Waals surface area (Å²) in [5, 5.41) is 2.90. The second kappa shape index (κ2) is 6.52. The van der Waals surface area contributed by atoms with Gasteiger partial charge < -0.3 is 5.32 Å². The van der Waals surface area contributed by atoms with Gasteiger partial charge in [-0.25, -0.2) is 0 Å². The second-order valence-electron chi connectivity index (χ2n) is 4.42. The molecule has 1 fully saturated rings. The molecule has 0 amide bonds. The van der Waals surface area contributed by atoms with Crippen LogP contribution in [0, 0.1) is 0 Å². The summed E-state index contributed by atoms with van der Waals surface area (Å²) in [4.78, 5) is 2.28. The molecule has 0 atom stereocenters. The van der Waals surface area contributed by atoms with Crippen molar-refractivity contribution in [2.45, 2.75) is 6.18 Å². The van der Waals surface area contributed by atoms with Gasteiger partial charge >= 0.3 is 6.18 Å². The summed E-state index contributed by atoms with van der Waals surface area (Å²) < 4.78 is 38.3. The molecule has 1 saturated heterocycles. The summed E-state index contributed by atoms with van der Waals surface area (Å²) in [6, 6.07) is 5.62. The van der Waals surface area contributed by atoms with E-state index in [1.807, 2.05) is 11.8 Å². The number of thioether (sulfide) groups is 1. The third-order valence-corrected chi connectivity index (χ3v) is 4.02. The molecule has 1 aliphatic rings. The highest BCUT2D eigenvalue weighted by Crippen LogP contribution is 2.34. The van der Waals surface area contributed by atoms with Gasteiger partial charge in [-0.1, -0.05) is 12.1 Å². The Kier molecular flexibility index (Phi) is 4.99. The molecular weight excluding hydrogens is 273 g/mol. The first kappa shape index (κ1) is 14.5. The molecule has 0 radical (unpaired) electrons. The highest BCUT2D eigenvalue weighted by Gasteiger charge is 2.32. The molecule has 19 heavy (non-hydrogen) atoms. The minimum Gasteiger partial charge on any atom is -0.383 e. The van der Waals surface area contributed by atoms with Crippen molar-refractivity contribution in [3.63, 3.8) is 0 Å². The first-order valence-corrected chi connectivity index (χ1v) is 7.43. The number of halogens is 3. The SMILES string of the molecule is FC(F)(F)c1ccccc1NCCN1CCSCC1. The molecule has 0 saturated carbocycles. The average molecular weight is 290 g/mol. The van der Waals surface area contributed by atoms with Gasteiger partial charge in [-0.2, -0.15) is 24.9 Å². The van der Waals surface area contributed by atoms with Gasteiger partial charge in [0.05, 0.1) is 5.56 Å². The number of para-hydroxylation sites is 1. The molecule has 0 unspecified atom stereocenters. The van der Waals surface area contributed by atoms with Gasteiger partial charge in [0.2, 0.25) is 0 Å². The zero-order chi connectivity index (χ0) is 13.7. The Hall–Kier alpha value is -0.880. The van der Waals surface area contributed by atoms with Crippen LogP contribution >= 0.6 is 11.8 Å². The molecular formula is C13H17F3N2S. The van der Waals surface area contributed by atoms with Crippen molar-refractivity contribution in [2.24, 2.45) is 0 Å². The number of rotatable bonds is 4. The van der Waals surface area contributed by atoms with Gasteiger partial charge in [0, 0.05) is 43.4 Å². The molecule has 2 rings (SSSR count). The maximum absolute atomic E-state index is 12.8. The summed E-state index contributed by atoms with van der Waals surface area (Å²) in [6.07, 6.45) is -4.30. The topological polar surface area (TPSA) is 15.3 Å². The van der Waals surface area contributed by atoms with Crippen molar-refractivity contribution in [3.05, 3.63) is 29.8 Å². The fraction of sp³-hybridized carbons (Fsp3) is 0.538. The van der Waals surface area contributed by atoms with E-state index in [-0.39, 0.29) is 5.69 Å². The van der Waals surface area contributed by atoms with E-state index in [2.05, 4.69) is 10.2 Å². The zero-order valence-electron chi connectivity index (χ0n) is 10.5. The molecule has 6 heteroatoms. The summed E-state index contributed by atoms with van der Waals surface area (Å²) in [5.41, 5.74) is -0.425. The van der Waals surface area contributed by atoms with Crippen LogP contribution in [0.1, 0.15) is 5.56 Å². The van der Waals surface area contributed by atoms with E-state index in [1.54, 1.807) is 6.07 Å².